The van der Waals surface area contributed by atoms with Crippen LogP contribution >= 0.6 is 0 Å². The summed E-state index contributed by atoms with van der Waals surface area (Å²) in [7, 11) is 0. The first-order valence-corrected chi connectivity index (χ1v) is 6.88. The Morgan fingerprint density at radius 1 is 1.63 bits per heavy atom. The molecule has 1 aromatic heterocycles. The van der Waals surface area contributed by atoms with Gasteiger partial charge in [0.15, 0.2) is 0 Å². The number of aromatic nitrogens is 1. The minimum atomic E-state index is -0.391. The molecule has 0 spiro atoms. The molecule has 1 fully saturated rings. The van der Waals surface area contributed by atoms with Crippen LogP contribution in [0.25, 0.3) is 0 Å². The monoisotopic (exact) mass is 263 g/mol. The number of carbonyl (C=O) groups is 1. The van der Waals surface area contributed by atoms with Crippen molar-refractivity contribution in [2.45, 2.75) is 32.3 Å². The molecule has 0 aliphatic carbocycles. The van der Waals surface area contributed by atoms with Crippen LogP contribution in [0.3, 0.4) is 0 Å². The van der Waals surface area contributed by atoms with Crippen LogP contribution < -0.4 is 5.32 Å². The summed E-state index contributed by atoms with van der Waals surface area (Å²) in [5, 5.41) is 12.8. The van der Waals surface area contributed by atoms with Crippen LogP contribution in [-0.2, 0) is 0 Å². The predicted molar refractivity (Wildman–Crippen MR) is 74.2 cm³/mol. The van der Waals surface area contributed by atoms with Gasteiger partial charge in [0.05, 0.1) is 6.10 Å². The lowest BCUT2D eigenvalue weighted by Gasteiger charge is -2.30. The highest BCUT2D eigenvalue weighted by atomic mass is 16.3. The van der Waals surface area contributed by atoms with Crippen LogP contribution in [0.2, 0.25) is 0 Å². The highest BCUT2D eigenvalue weighted by molar-refractivity contribution is 5.94. The molecular formula is C14H21N3O2. The Kier molecular flexibility index (Phi) is 4.74. The number of nitrogens with zero attached hydrogens (tertiary/aromatic N) is 2. The fourth-order valence-electron chi connectivity index (χ4n) is 2.24. The van der Waals surface area contributed by atoms with Crippen molar-refractivity contribution in [1.82, 2.24) is 9.88 Å². The summed E-state index contributed by atoms with van der Waals surface area (Å²) in [4.78, 5) is 18.2. The van der Waals surface area contributed by atoms with Gasteiger partial charge in [-0.1, -0.05) is 6.92 Å². The molecule has 0 bridgehead atoms. The van der Waals surface area contributed by atoms with Gasteiger partial charge in [0.2, 0.25) is 0 Å². The number of aliphatic hydroxyl groups is 1. The molecule has 19 heavy (non-hydrogen) atoms. The number of aliphatic hydroxyl groups excluding tert-OH is 1. The van der Waals surface area contributed by atoms with Crippen LogP contribution in [0.1, 0.15) is 36.5 Å². The van der Waals surface area contributed by atoms with Crippen LogP contribution in [0.15, 0.2) is 18.3 Å². The van der Waals surface area contributed by atoms with E-state index in [1.807, 2.05) is 0 Å². The molecule has 1 saturated heterocycles. The summed E-state index contributed by atoms with van der Waals surface area (Å²) >= 11 is 0. The Balaban J connectivity index is 2.05. The number of rotatable bonds is 4. The van der Waals surface area contributed by atoms with Gasteiger partial charge in [0.25, 0.3) is 5.91 Å². The second-order valence-electron chi connectivity index (χ2n) is 4.90. The van der Waals surface area contributed by atoms with Gasteiger partial charge in [-0.3, -0.25) is 4.79 Å². The van der Waals surface area contributed by atoms with Crippen molar-refractivity contribution in [3.8, 4) is 0 Å². The standard InChI is InChI=1S/C14H21N3O2/c1-2-6-15-13-9-11(5-7-16-13)14(19)17-8-3-4-12(18)10-17/h5,7,9,12,18H,2-4,6,8,10H2,1H3,(H,15,16). The van der Waals surface area contributed by atoms with E-state index in [1.165, 1.54) is 0 Å². The number of carbonyl (C=O) groups excluding carboxylic acids is 1. The molecule has 1 aliphatic heterocycles. The summed E-state index contributed by atoms with van der Waals surface area (Å²) in [6.45, 7) is 4.07. The quantitative estimate of drug-likeness (QED) is 0.864. The first kappa shape index (κ1) is 13.8. The van der Waals surface area contributed by atoms with Crippen LogP contribution in [-0.4, -0.2) is 46.6 Å². The maximum absolute atomic E-state index is 12.3. The molecule has 1 aliphatic rings. The molecule has 1 aromatic rings. The SMILES string of the molecule is CCCNc1cc(C(=O)N2CCCC(O)C2)ccn1. The van der Waals surface area contributed by atoms with Crippen LogP contribution in [0, 0.1) is 0 Å². The Labute approximate surface area is 113 Å². The highest BCUT2D eigenvalue weighted by Crippen LogP contribution is 2.15. The van der Waals surface area contributed by atoms with E-state index in [2.05, 4.69) is 17.2 Å². The van der Waals surface area contributed by atoms with Crippen LogP contribution in [0.5, 0.6) is 0 Å². The summed E-state index contributed by atoms with van der Waals surface area (Å²) in [6.07, 6.45) is 3.91. The van der Waals surface area contributed by atoms with E-state index in [1.54, 1.807) is 23.2 Å². The van der Waals surface area contributed by atoms with Gasteiger partial charge < -0.3 is 15.3 Å². The molecule has 2 heterocycles. The maximum Gasteiger partial charge on any atom is 0.254 e. The smallest absolute Gasteiger partial charge is 0.254 e. The van der Waals surface area contributed by atoms with Crippen LogP contribution in [0.4, 0.5) is 5.82 Å². The van der Waals surface area contributed by atoms with Gasteiger partial charge >= 0.3 is 0 Å². The van der Waals surface area contributed by atoms with Crippen molar-refractivity contribution in [2.24, 2.45) is 0 Å². The van der Waals surface area contributed by atoms with Crippen molar-refractivity contribution in [2.75, 3.05) is 25.0 Å². The molecule has 0 radical (unpaired) electrons. The van der Waals surface area contributed by atoms with E-state index < -0.39 is 6.10 Å². The van der Waals surface area contributed by atoms with Crippen molar-refractivity contribution in [3.05, 3.63) is 23.9 Å². The topological polar surface area (TPSA) is 65.5 Å². The molecule has 5 heteroatoms. The van der Waals surface area contributed by atoms with Gasteiger partial charge in [-0.15, -0.1) is 0 Å². The number of pyridine rings is 1. The fourth-order valence-corrected chi connectivity index (χ4v) is 2.24. The number of likely N-dealkylation sites (tertiary alicyclic amines) is 1. The minimum absolute atomic E-state index is 0.0271. The van der Waals surface area contributed by atoms with Gasteiger partial charge in [-0.05, 0) is 31.4 Å². The minimum Gasteiger partial charge on any atom is -0.391 e. The third-order valence-corrected chi connectivity index (χ3v) is 3.25. The third kappa shape index (κ3) is 3.67. The molecule has 2 rings (SSSR count). The lowest BCUT2D eigenvalue weighted by Crippen LogP contribution is -2.42. The van der Waals surface area contributed by atoms with E-state index in [9.17, 15) is 9.90 Å². The number of piperidine rings is 1. The Hall–Kier alpha value is -1.62. The molecular weight excluding hydrogens is 242 g/mol. The van der Waals surface area contributed by atoms with E-state index in [0.717, 1.165) is 38.2 Å². The van der Waals surface area contributed by atoms with Gasteiger partial charge in [-0.25, -0.2) is 4.98 Å². The Morgan fingerprint density at radius 3 is 3.21 bits per heavy atom. The normalized spacial score (nSPS) is 19.3. The number of hydrogen-bond donors (Lipinski definition) is 2. The largest absolute Gasteiger partial charge is 0.391 e. The summed E-state index contributed by atoms with van der Waals surface area (Å²) in [5.74, 6) is 0.700. The molecule has 0 saturated carbocycles. The van der Waals surface area contributed by atoms with Crippen molar-refractivity contribution < 1.29 is 9.90 Å². The number of nitrogens with one attached hydrogen (secondary N) is 1. The first-order chi connectivity index (χ1) is 9.20. The molecule has 5 nitrogen and oxygen atoms in total. The number of hydrogen-bond acceptors (Lipinski definition) is 4. The van der Waals surface area contributed by atoms with E-state index >= 15 is 0 Å². The average Bonchev–Trinajstić information content (AvgIpc) is 2.44. The zero-order valence-corrected chi connectivity index (χ0v) is 11.3. The zero-order chi connectivity index (χ0) is 13.7. The summed E-state index contributed by atoms with van der Waals surface area (Å²) in [5.41, 5.74) is 0.628. The second kappa shape index (κ2) is 6.52. The Morgan fingerprint density at radius 2 is 2.47 bits per heavy atom. The summed E-state index contributed by atoms with van der Waals surface area (Å²) < 4.78 is 0. The van der Waals surface area contributed by atoms with E-state index in [-0.39, 0.29) is 5.91 Å². The molecule has 1 amide bonds. The fraction of sp³-hybridized carbons (Fsp3) is 0.571. The number of anilines is 1. The molecule has 2 N–H and O–H groups in total. The lowest BCUT2D eigenvalue weighted by atomic mass is 10.1. The number of amides is 1. The molecule has 1 atom stereocenters. The van der Waals surface area contributed by atoms with Gasteiger partial charge in [-0.2, -0.15) is 0 Å². The lowest BCUT2D eigenvalue weighted by molar-refractivity contribution is 0.0473. The van der Waals surface area contributed by atoms with Crippen molar-refractivity contribution in [1.29, 1.82) is 0 Å². The van der Waals surface area contributed by atoms with Crippen molar-refractivity contribution in [3.63, 3.8) is 0 Å². The van der Waals surface area contributed by atoms with E-state index in [0.29, 0.717) is 12.1 Å². The maximum atomic E-state index is 12.3. The zero-order valence-electron chi connectivity index (χ0n) is 11.3. The highest BCUT2D eigenvalue weighted by Gasteiger charge is 2.23. The van der Waals surface area contributed by atoms with E-state index in [4.69, 9.17) is 0 Å². The Bertz CT molecular complexity index is 436. The predicted octanol–water partition coefficient (Wildman–Crippen LogP) is 1.50. The van der Waals surface area contributed by atoms with Crippen molar-refractivity contribution >= 4 is 11.7 Å². The summed E-state index contributed by atoms with van der Waals surface area (Å²) in [6, 6.07) is 3.50. The second-order valence-corrected chi connectivity index (χ2v) is 4.90. The molecule has 1 unspecified atom stereocenters. The average molecular weight is 263 g/mol. The molecule has 104 valence electrons. The number of β-amino-alcohol motifs (C(OH)–C–C–N with tert-alkyl or cyclic N) is 1. The first-order valence-electron chi connectivity index (χ1n) is 6.88. The van der Waals surface area contributed by atoms with Gasteiger partial charge in [0.1, 0.15) is 5.82 Å². The third-order valence-electron chi connectivity index (χ3n) is 3.25. The van der Waals surface area contributed by atoms with Gasteiger partial charge in [0, 0.05) is 31.4 Å². The molecule has 0 aromatic carbocycles.